The highest BCUT2D eigenvalue weighted by Crippen LogP contribution is 2.27. The second kappa shape index (κ2) is 9.47. The molecule has 1 aromatic carbocycles. The summed E-state index contributed by atoms with van der Waals surface area (Å²) in [6.07, 6.45) is 0.720. The Hall–Kier alpha value is -2.93. The highest BCUT2D eigenvalue weighted by atomic mass is 16.3. The van der Waals surface area contributed by atoms with Crippen molar-refractivity contribution in [3.63, 3.8) is 0 Å². The maximum atomic E-state index is 13.1. The summed E-state index contributed by atoms with van der Waals surface area (Å²) in [6, 6.07) is 8.61. The van der Waals surface area contributed by atoms with Crippen molar-refractivity contribution in [2.45, 2.75) is 53.1 Å². The van der Waals surface area contributed by atoms with Gasteiger partial charge >= 0.3 is 0 Å². The molecular formula is C24H32N4O3. The van der Waals surface area contributed by atoms with E-state index in [1.807, 2.05) is 58.9 Å². The third kappa shape index (κ3) is 4.71. The fraction of sp³-hybridized carbons (Fsp3) is 0.458. The van der Waals surface area contributed by atoms with Crippen molar-refractivity contribution in [1.29, 1.82) is 0 Å². The molecule has 0 aliphatic heterocycles. The van der Waals surface area contributed by atoms with Gasteiger partial charge in [-0.05, 0) is 30.9 Å². The summed E-state index contributed by atoms with van der Waals surface area (Å²) in [5.74, 6) is -0.676. The van der Waals surface area contributed by atoms with E-state index in [2.05, 4.69) is 20.6 Å². The predicted octanol–water partition coefficient (Wildman–Crippen LogP) is 3.30. The molecule has 3 aromatic rings. The number of aryl methyl sites for hydroxylation is 1. The van der Waals surface area contributed by atoms with E-state index in [-0.39, 0.29) is 42.0 Å². The van der Waals surface area contributed by atoms with Crippen LogP contribution in [-0.2, 0) is 4.79 Å². The number of nitrogens with zero attached hydrogens (tertiary/aromatic N) is 1. The lowest BCUT2D eigenvalue weighted by molar-refractivity contribution is -0.125. The number of hydrogen-bond donors (Lipinski definition) is 4. The number of amides is 2. The van der Waals surface area contributed by atoms with Crippen LogP contribution in [0.1, 0.15) is 50.3 Å². The topological polar surface area (TPSA) is 107 Å². The van der Waals surface area contributed by atoms with Crippen LogP contribution in [0.3, 0.4) is 0 Å². The molecule has 0 fully saturated rings. The first-order valence-corrected chi connectivity index (χ1v) is 10.9. The third-order valence-electron chi connectivity index (χ3n) is 6.02. The number of aromatic nitrogens is 2. The fourth-order valence-corrected chi connectivity index (χ4v) is 3.73. The van der Waals surface area contributed by atoms with Crippen LogP contribution in [0.4, 0.5) is 0 Å². The van der Waals surface area contributed by atoms with Crippen LogP contribution in [-0.4, -0.2) is 45.6 Å². The molecule has 0 aliphatic carbocycles. The summed E-state index contributed by atoms with van der Waals surface area (Å²) in [5, 5.41) is 17.3. The number of fused-ring (bicyclic) bond motifs is 3. The Morgan fingerprint density at radius 3 is 2.48 bits per heavy atom. The molecule has 166 valence electrons. The Morgan fingerprint density at radius 1 is 1.13 bits per heavy atom. The second-order valence-corrected chi connectivity index (χ2v) is 8.56. The molecule has 7 nitrogen and oxygen atoms in total. The first kappa shape index (κ1) is 22.7. The first-order chi connectivity index (χ1) is 14.8. The van der Waals surface area contributed by atoms with Crippen molar-refractivity contribution in [1.82, 2.24) is 20.6 Å². The quantitative estimate of drug-likeness (QED) is 0.445. The number of nitrogens with one attached hydrogen (secondary N) is 3. The monoisotopic (exact) mass is 424 g/mol. The van der Waals surface area contributed by atoms with E-state index < -0.39 is 6.04 Å². The lowest BCUT2D eigenvalue weighted by Gasteiger charge is -2.27. The third-order valence-corrected chi connectivity index (χ3v) is 6.02. The van der Waals surface area contributed by atoms with Crippen LogP contribution < -0.4 is 10.6 Å². The zero-order chi connectivity index (χ0) is 22.7. The van der Waals surface area contributed by atoms with Crippen LogP contribution >= 0.6 is 0 Å². The predicted molar refractivity (Wildman–Crippen MR) is 123 cm³/mol. The second-order valence-electron chi connectivity index (χ2n) is 8.56. The van der Waals surface area contributed by atoms with Crippen LogP contribution in [0, 0.1) is 18.8 Å². The molecule has 3 unspecified atom stereocenters. The van der Waals surface area contributed by atoms with E-state index >= 15 is 0 Å². The van der Waals surface area contributed by atoms with Gasteiger partial charge in [0.15, 0.2) is 0 Å². The highest BCUT2D eigenvalue weighted by molar-refractivity contribution is 6.10. The molecule has 2 amide bonds. The number of aliphatic hydroxyl groups is 1. The van der Waals surface area contributed by atoms with E-state index in [4.69, 9.17) is 0 Å². The number of rotatable bonds is 8. The number of H-pyrrole nitrogens is 1. The number of aromatic amines is 1. The molecule has 7 heteroatoms. The Kier molecular flexibility index (Phi) is 6.95. The molecule has 0 bridgehead atoms. The van der Waals surface area contributed by atoms with Crippen molar-refractivity contribution in [2.75, 3.05) is 6.61 Å². The minimum Gasteiger partial charge on any atom is -0.394 e. The number of pyridine rings is 1. The smallest absolute Gasteiger partial charge is 0.270 e. The molecule has 3 rings (SSSR count). The van der Waals surface area contributed by atoms with Gasteiger partial charge in [-0.2, -0.15) is 0 Å². The highest BCUT2D eigenvalue weighted by Gasteiger charge is 2.29. The normalized spacial score (nSPS) is 14.5. The van der Waals surface area contributed by atoms with Crippen molar-refractivity contribution in [2.24, 2.45) is 11.8 Å². The van der Waals surface area contributed by atoms with Crippen LogP contribution in [0.15, 0.2) is 30.3 Å². The number of carbonyl (C=O) groups excluding carboxylic acids is 2. The van der Waals surface area contributed by atoms with Crippen molar-refractivity contribution >= 4 is 33.6 Å². The molecule has 4 N–H and O–H groups in total. The molecule has 31 heavy (non-hydrogen) atoms. The molecule has 3 atom stereocenters. The summed E-state index contributed by atoms with van der Waals surface area (Å²) >= 11 is 0. The van der Waals surface area contributed by atoms with E-state index in [0.717, 1.165) is 33.9 Å². The molecule has 0 aliphatic rings. The number of benzene rings is 1. The summed E-state index contributed by atoms with van der Waals surface area (Å²) in [4.78, 5) is 33.9. The van der Waals surface area contributed by atoms with Crippen LogP contribution in [0.5, 0.6) is 0 Å². The van der Waals surface area contributed by atoms with Crippen molar-refractivity contribution in [3.05, 3.63) is 41.7 Å². The van der Waals surface area contributed by atoms with E-state index in [1.54, 1.807) is 6.07 Å². The minimum absolute atomic E-state index is 0.0756. The zero-order valence-electron chi connectivity index (χ0n) is 18.8. The largest absolute Gasteiger partial charge is 0.394 e. The molecule has 2 heterocycles. The molecule has 0 saturated heterocycles. The van der Waals surface area contributed by atoms with Gasteiger partial charge < -0.3 is 20.7 Å². The van der Waals surface area contributed by atoms with E-state index in [9.17, 15) is 14.7 Å². The maximum Gasteiger partial charge on any atom is 0.270 e. The average Bonchev–Trinajstić information content (AvgIpc) is 3.14. The number of para-hydroxylation sites is 1. The number of aliphatic hydroxyl groups excluding tert-OH is 1. The molecule has 0 radical (unpaired) electrons. The van der Waals surface area contributed by atoms with Gasteiger partial charge in [0.05, 0.1) is 23.9 Å². The van der Waals surface area contributed by atoms with Gasteiger partial charge in [0.1, 0.15) is 11.7 Å². The van der Waals surface area contributed by atoms with Gasteiger partial charge in [0.25, 0.3) is 5.91 Å². The van der Waals surface area contributed by atoms with Crippen LogP contribution in [0.2, 0.25) is 0 Å². The van der Waals surface area contributed by atoms with Gasteiger partial charge in [0, 0.05) is 16.3 Å². The Bertz CT molecular complexity index is 1090. The van der Waals surface area contributed by atoms with Gasteiger partial charge in [-0.3, -0.25) is 9.59 Å². The molecule has 2 aromatic heterocycles. The van der Waals surface area contributed by atoms with Crippen LogP contribution in [0.25, 0.3) is 21.8 Å². The molecular weight excluding hydrogens is 392 g/mol. The van der Waals surface area contributed by atoms with Gasteiger partial charge in [-0.1, -0.05) is 52.3 Å². The van der Waals surface area contributed by atoms with Gasteiger partial charge in [-0.25, -0.2) is 4.98 Å². The lowest BCUT2D eigenvalue weighted by atomic mass is 9.96. The first-order valence-electron chi connectivity index (χ1n) is 10.9. The fourth-order valence-electron chi connectivity index (χ4n) is 3.73. The standard InChI is InChI=1S/C24H32N4O3/c1-6-14(4)21(24(31)27-20(12-29)13(2)3)28-23(30)19-11-17-16-9-7-8-10-18(16)26-22(17)15(5)25-19/h7-11,13-14,20-21,26,29H,6,12H2,1-5H3,(H,27,31)(H,28,30). The Balaban J connectivity index is 1.90. The summed E-state index contributed by atoms with van der Waals surface area (Å²) in [5.41, 5.74) is 2.89. The minimum atomic E-state index is -0.717. The zero-order valence-corrected chi connectivity index (χ0v) is 18.8. The molecule has 0 saturated carbocycles. The average molecular weight is 425 g/mol. The van der Waals surface area contributed by atoms with Crippen molar-refractivity contribution < 1.29 is 14.7 Å². The lowest BCUT2D eigenvalue weighted by Crippen LogP contribution is -2.54. The summed E-state index contributed by atoms with van der Waals surface area (Å²) in [6.45, 7) is 9.48. The van der Waals surface area contributed by atoms with Gasteiger partial charge in [-0.15, -0.1) is 0 Å². The summed E-state index contributed by atoms with van der Waals surface area (Å²) in [7, 11) is 0. The number of carbonyl (C=O) groups is 2. The van der Waals surface area contributed by atoms with E-state index in [1.165, 1.54) is 0 Å². The van der Waals surface area contributed by atoms with E-state index in [0.29, 0.717) is 0 Å². The van der Waals surface area contributed by atoms with Gasteiger partial charge in [0.2, 0.25) is 5.91 Å². The SMILES string of the molecule is CCC(C)C(NC(=O)c1cc2c([nH]c3ccccc32)c(C)n1)C(=O)NC(CO)C(C)C. The number of hydrogen-bond acceptors (Lipinski definition) is 4. The maximum absolute atomic E-state index is 13.1. The Morgan fingerprint density at radius 2 is 1.84 bits per heavy atom. The Labute approximate surface area is 182 Å². The molecule has 0 spiro atoms. The van der Waals surface area contributed by atoms with Crippen molar-refractivity contribution in [3.8, 4) is 0 Å². The summed E-state index contributed by atoms with van der Waals surface area (Å²) < 4.78 is 0.